The molecule has 0 aliphatic heterocycles. The fraction of sp³-hybridized carbons (Fsp3) is 0.333. The van der Waals surface area contributed by atoms with Crippen molar-refractivity contribution in [1.82, 2.24) is 14.5 Å². The lowest BCUT2D eigenvalue weighted by Gasteiger charge is -2.25. The molecule has 2 aromatic carbocycles. The molecular weight excluding hydrogens is 376 g/mol. The number of nitrogens with two attached hydrogens (primary N) is 1. The molecule has 0 saturated heterocycles. The summed E-state index contributed by atoms with van der Waals surface area (Å²) in [5.41, 5.74) is 11.5. The first-order chi connectivity index (χ1) is 14.3. The largest absolute Gasteiger partial charge is 0.330 e. The summed E-state index contributed by atoms with van der Waals surface area (Å²) in [6.07, 6.45) is 9.33. The van der Waals surface area contributed by atoms with Gasteiger partial charge in [0.1, 0.15) is 0 Å². The minimum absolute atomic E-state index is 0.536. The van der Waals surface area contributed by atoms with Crippen molar-refractivity contribution in [3.63, 3.8) is 0 Å². The van der Waals surface area contributed by atoms with Gasteiger partial charge < -0.3 is 10.3 Å². The summed E-state index contributed by atoms with van der Waals surface area (Å²) in [4.78, 5) is 9.62. The molecule has 2 N–H and O–H groups in total. The first-order valence-corrected chi connectivity index (χ1v) is 11.4. The van der Waals surface area contributed by atoms with Crippen molar-refractivity contribution in [2.45, 2.75) is 44.6 Å². The number of rotatable bonds is 5. The molecule has 0 bridgehead atoms. The van der Waals surface area contributed by atoms with E-state index in [1.165, 1.54) is 53.6 Å². The highest BCUT2D eigenvalue weighted by molar-refractivity contribution is 7.18. The van der Waals surface area contributed by atoms with Gasteiger partial charge in [-0.2, -0.15) is 0 Å². The van der Waals surface area contributed by atoms with Gasteiger partial charge in [0.15, 0.2) is 0 Å². The molecule has 0 radical (unpaired) electrons. The van der Waals surface area contributed by atoms with Crippen molar-refractivity contribution < 1.29 is 0 Å². The van der Waals surface area contributed by atoms with E-state index in [2.05, 4.69) is 59.4 Å². The normalized spacial score (nSPS) is 15.2. The van der Waals surface area contributed by atoms with Gasteiger partial charge in [-0.1, -0.05) is 55.7 Å². The van der Waals surface area contributed by atoms with Crippen LogP contribution in [0.5, 0.6) is 0 Å². The number of aromatic nitrogens is 3. The van der Waals surface area contributed by atoms with Crippen molar-refractivity contribution >= 4 is 21.6 Å². The van der Waals surface area contributed by atoms with E-state index in [-0.39, 0.29) is 0 Å². The summed E-state index contributed by atoms with van der Waals surface area (Å²) in [5.74, 6) is 0. The number of fused-ring (bicyclic) bond motifs is 1. The Morgan fingerprint density at radius 1 is 1.00 bits per heavy atom. The van der Waals surface area contributed by atoms with Crippen molar-refractivity contribution in [2.24, 2.45) is 5.73 Å². The molecule has 4 aromatic rings. The fourth-order valence-electron chi connectivity index (χ4n) is 4.44. The summed E-state index contributed by atoms with van der Waals surface area (Å²) in [5, 5.41) is 1.11. The molecule has 2 heterocycles. The van der Waals surface area contributed by atoms with Crippen LogP contribution in [0, 0.1) is 0 Å². The molecule has 4 nitrogen and oxygen atoms in total. The van der Waals surface area contributed by atoms with Crippen LogP contribution in [0.15, 0.2) is 54.9 Å². The van der Waals surface area contributed by atoms with E-state index in [0.29, 0.717) is 12.6 Å². The van der Waals surface area contributed by atoms with Crippen molar-refractivity contribution in [3.8, 4) is 22.5 Å². The van der Waals surface area contributed by atoms with Crippen molar-refractivity contribution in [1.29, 1.82) is 0 Å². The smallest absolute Gasteiger partial charge is 0.0963 e. The third kappa shape index (κ3) is 3.61. The zero-order chi connectivity index (χ0) is 19.6. The average molecular weight is 403 g/mol. The van der Waals surface area contributed by atoms with Crippen LogP contribution < -0.4 is 5.73 Å². The van der Waals surface area contributed by atoms with Crippen LogP contribution in [0.3, 0.4) is 0 Å². The second-order valence-electron chi connectivity index (χ2n) is 7.84. The number of benzene rings is 2. The van der Waals surface area contributed by atoms with Crippen LogP contribution in [0.4, 0.5) is 0 Å². The van der Waals surface area contributed by atoms with Gasteiger partial charge in [-0.15, -0.1) is 11.3 Å². The van der Waals surface area contributed by atoms with E-state index in [1.807, 2.05) is 0 Å². The molecule has 1 fully saturated rings. The van der Waals surface area contributed by atoms with Gasteiger partial charge in [0.2, 0.25) is 0 Å². The summed E-state index contributed by atoms with van der Waals surface area (Å²) in [6, 6.07) is 17.7. The van der Waals surface area contributed by atoms with Crippen LogP contribution in [0.2, 0.25) is 0 Å². The minimum atomic E-state index is 0.536. The Hall–Kier alpha value is -2.50. The zero-order valence-corrected chi connectivity index (χ0v) is 17.4. The first-order valence-electron chi connectivity index (χ1n) is 10.6. The number of thiazole rings is 1. The lowest BCUT2D eigenvalue weighted by Crippen LogP contribution is -2.13. The maximum Gasteiger partial charge on any atom is 0.0963 e. The molecule has 5 heteroatoms. The Labute approximate surface area is 175 Å². The molecule has 5 rings (SSSR count). The highest BCUT2D eigenvalue weighted by atomic mass is 32.1. The third-order valence-corrected chi connectivity index (χ3v) is 6.95. The topological polar surface area (TPSA) is 56.7 Å². The number of hydrogen-bond acceptors (Lipinski definition) is 4. The number of hydrogen-bond donors (Lipinski definition) is 1. The molecule has 1 aliphatic rings. The van der Waals surface area contributed by atoms with E-state index in [1.54, 1.807) is 11.3 Å². The second kappa shape index (κ2) is 8.09. The van der Waals surface area contributed by atoms with E-state index in [4.69, 9.17) is 15.7 Å². The Bertz CT molecular complexity index is 1110. The number of nitrogens with zero attached hydrogens (tertiary/aromatic N) is 3. The van der Waals surface area contributed by atoms with E-state index < -0.39 is 0 Å². The molecule has 2 aromatic heterocycles. The molecule has 29 heavy (non-hydrogen) atoms. The van der Waals surface area contributed by atoms with Crippen molar-refractivity contribution in [2.75, 3.05) is 6.54 Å². The maximum atomic E-state index is 5.73. The van der Waals surface area contributed by atoms with Gasteiger partial charge in [-0.05, 0) is 31.5 Å². The molecule has 1 aliphatic carbocycles. The highest BCUT2D eigenvalue weighted by Gasteiger charge is 2.22. The van der Waals surface area contributed by atoms with Crippen LogP contribution in [-0.4, -0.2) is 21.1 Å². The summed E-state index contributed by atoms with van der Waals surface area (Å²) in [6.45, 7) is 0.638. The van der Waals surface area contributed by atoms with Gasteiger partial charge >= 0.3 is 0 Å². The highest BCUT2D eigenvalue weighted by Crippen LogP contribution is 2.39. The summed E-state index contributed by atoms with van der Waals surface area (Å²) < 4.78 is 3.66. The van der Waals surface area contributed by atoms with Gasteiger partial charge in [0, 0.05) is 23.6 Å². The Morgan fingerprint density at radius 3 is 2.62 bits per heavy atom. The predicted molar refractivity (Wildman–Crippen MR) is 121 cm³/mol. The van der Waals surface area contributed by atoms with Gasteiger partial charge in [0.25, 0.3) is 0 Å². The monoisotopic (exact) mass is 402 g/mol. The van der Waals surface area contributed by atoms with Crippen LogP contribution in [0.1, 0.15) is 43.2 Å². The fourth-order valence-corrected chi connectivity index (χ4v) is 5.46. The molecule has 0 unspecified atom stereocenters. The van der Waals surface area contributed by atoms with Gasteiger partial charge in [-0.3, -0.25) is 0 Å². The molecule has 148 valence electrons. The Balaban J connectivity index is 1.65. The molecule has 1 saturated carbocycles. The van der Waals surface area contributed by atoms with Crippen molar-refractivity contribution in [3.05, 3.63) is 59.9 Å². The Morgan fingerprint density at radius 2 is 1.83 bits per heavy atom. The predicted octanol–water partition coefficient (Wildman–Crippen LogP) is 5.83. The summed E-state index contributed by atoms with van der Waals surface area (Å²) >= 11 is 1.76. The standard InChI is InChI=1S/C24H26N4S/c25-14-13-22-27-20-12-11-18(15-21(20)29-22)24-23(17-7-3-1-4-8-17)26-16-28(24)19-9-5-2-6-10-19/h1,3-4,7-8,11-12,15-16,19H,2,5-6,9-10,13-14,25H2. The molecule has 0 amide bonds. The van der Waals surface area contributed by atoms with Crippen LogP contribution in [0.25, 0.3) is 32.7 Å². The van der Waals surface area contributed by atoms with E-state index in [9.17, 15) is 0 Å². The minimum Gasteiger partial charge on any atom is -0.330 e. The molecule has 0 atom stereocenters. The SMILES string of the molecule is NCCc1nc2ccc(-c3c(-c4ccccc4)ncn3C3CCCCC3)cc2s1. The second-order valence-corrected chi connectivity index (χ2v) is 8.95. The van der Waals surface area contributed by atoms with Gasteiger partial charge in [0.05, 0.1) is 32.9 Å². The third-order valence-electron chi connectivity index (χ3n) is 5.87. The van der Waals surface area contributed by atoms with Crippen LogP contribution >= 0.6 is 11.3 Å². The van der Waals surface area contributed by atoms with E-state index >= 15 is 0 Å². The summed E-state index contributed by atoms with van der Waals surface area (Å²) in [7, 11) is 0. The molecular formula is C24H26N4S. The Kier molecular flexibility index (Phi) is 5.17. The zero-order valence-electron chi connectivity index (χ0n) is 16.6. The average Bonchev–Trinajstić information content (AvgIpc) is 3.38. The van der Waals surface area contributed by atoms with Gasteiger partial charge in [-0.25, -0.2) is 9.97 Å². The molecule has 0 spiro atoms. The van der Waals surface area contributed by atoms with Crippen LogP contribution in [-0.2, 0) is 6.42 Å². The van der Waals surface area contributed by atoms with E-state index in [0.717, 1.165) is 22.6 Å². The lowest BCUT2D eigenvalue weighted by atomic mass is 9.94. The maximum absolute atomic E-state index is 5.73. The number of imidazole rings is 1. The lowest BCUT2D eigenvalue weighted by molar-refractivity contribution is 0.355. The quantitative estimate of drug-likeness (QED) is 0.457. The first kappa shape index (κ1) is 18.5.